The van der Waals surface area contributed by atoms with E-state index in [0.29, 0.717) is 24.2 Å². The number of nitrogens with zero attached hydrogens (tertiary/aromatic N) is 5. The van der Waals surface area contributed by atoms with Crippen molar-refractivity contribution in [3.05, 3.63) is 36.3 Å². The lowest BCUT2D eigenvalue weighted by Gasteiger charge is -2.15. The van der Waals surface area contributed by atoms with E-state index in [2.05, 4.69) is 10.4 Å². The molecule has 170 valence electrons. The van der Waals surface area contributed by atoms with Crippen molar-refractivity contribution >= 4 is 29.8 Å². The lowest BCUT2D eigenvalue weighted by Crippen LogP contribution is -2.27. The van der Waals surface area contributed by atoms with Crippen LogP contribution in [0.5, 0.6) is 0 Å². The number of anilines is 1. The van der Waals surface area contributed by atoms with Gasteiger partial charge in [-0.3, -0.25) is 23.5 Å². The normalized spacial score (nSPS) is 13.0. The Kier molecular flexibility index (Phi) is 7.42. The van der Waals surface area contributed by atoms with Crippen LogP contribution in [0, 0.1) is 0 Å². The van der Waals surface area contributed by atoms with E-state index in [1.54, 1.807) is 10.9 Å². The smallest absolute Gasteiger partial charge is 0.303 e. The predicted molar refractivity (Wildman–Crippen MR) is 117 cm³/mol. The number of aliphatic carboxylic acids is 1. The number of carbonyl (C=O) groups excluding carboxylic acids is 1. The minimum atomic E-state index is -0.817. The number of amides is 1. The fourth-order valence-electron chi connectivity index (χ4n) is 3.64. The number of fused-ring (bicyclic) bond motifs is 1. The van der Waals surface area contributed by atoms with Crippen LogP contribution in [-0.4, -0.2) is 72.3 Å². The standard InChI is InChI=1S/C20H24N6O3.CH2O2/c1-24-13-15(12-22-24)18-19(21-7-4-5-17(27)28)26-10-6-14(11-16(26)23-18)20(29)25-8-2-3-9-25;2-1-3/h6,10-13,21H,2-5,7-9H2,1H3,(H,27,28);1H,(H,2,3). The highest BCUT2D eigenvalue weighted by Crippen LogP contribution is 2.29. The highest BCUT2D eigenvalue weighted by atomic mass is 16.4. The molecule has 32 heavy (non-hydrogen) atoms. The maximum Gasteiger partial charge on any atom is 0.303 e. The molecule has 0 saturated carbocycles. The number of aryl methyl sites for hydroxylation is 1. The van der Waals surface area contributed by atoms with E-state index in [9.17, 15) is 9.59 Å². The average Bonchev–Trinajstić information content (AvgIpc) is 3.50. The van der Waals surface area contributed by atoms with Crippen molar-refractivity contribution in [1.82, 2.24) is 24.1 Å². The van der Waals surface area contributed by atoms with E-state index in [0.717, 1.165) is 43.0 Å². The van der Waals surface area contributed by atoms with Crippen molar-refractivity contribution < 1.29 is 24.6 Å². The molecule has 3 N–H and O–H groups in total. The van der Waals surface area contributed by atoms with E-state index in [4.69, 9.17) is 20.0 Å². The SMILES string of the molecule is Cn1cc(-c2nc3cc(C(=O)N4CCCC4)ccn3c2NCCCC(=O)O)cn1.O=CO. The number of hydrogen-bond donors (Lipinski definition) is 3. The summed E-state index contributed by atoms with van der Waals surface area (Å²) in [6.45, 7) is 1.85. The van der Waals surface area contributed by atoms with Crippen LogP contribution in [0.15, 0.2) is 30.7 Å². The number of imidazole rings is 1. The summed E-state index contributed by atoms with van der Waals surface area (Å²) >= 11 is 0. The highest BCUT2D eigenvalue weighted by Gasteiger charge is 2.21. The van der Waals surface area contributed by atoms with Crippen molar-refractivity contribution in [1.29, 1.82) is 0 Å². The maximum atomic E-state index is 12.7. The number of aromatic nitrogens is 4. The molecular weight excluding hydrogens is 416 g/mol. The van der Waals surface area contributed by atoms with Crippen LogP contribution in [0.4, 0.5) is 5.82 Å². The van der Waals surface area contributed by atoms with Crippen LogP contribution in [0.2, 0.25) is 0 Å². The molecule has 11 heteroatoms. The summed E-state index contributed by atoms with van der Waals surface area (Å²) < 4.78 is 3.60. The van der Waals surface area contributed by atoms with Gasteiger partial charge in [-0.2, -0.15) is 5.10 Å². The molecule has 1 fully saturated rings. The van der Waals surface area contributed by atoms with Crippen LogP contribution in [0.25, 0.3) is 16.9 Å². The monoisotopic (exact) mass is 442 g/mol. The van der Waals surface area contributed by atoms with Gasteiger partial charge in [0.25, 0.3) is 12.4 Å². The summed E-state index contributed by atoms with van der Waals surface area (Å²) in [5.41, 5.74) is 2.86. The largest absolute Gasteiger partial charge is 0.483 e. The predicted octanol–water partition coefficient (Wildman–Crippen LogP) is 1.95. The van der Waals surface area contributed by atoms with Crippen molar-refractivity contribution in [2.45, 2.75) is 25.7 Å². The lowest BCUT2D eigenvalue weighted by atomic mass is 10.2. The number of carbonyl (C=O) groups is 3. The number of carboxylic acids is 1. The summed E-state index contributed by atoms with van der Waals surface area (Å²) in [4.78, 5) is 38.5. The second-order valence-electron chi connectivity index (χ2n) is 7.38. The molecule has 3 aromatic rings. The zero-order valence-corrected chi connectivity index (χ0v) is 17.8. The van der Waals surface area contributed by atoms with Crippen LogP contribution in [0.1, 0.15) is 36.0 Å². The molecule has 0 unspecified atom stereocenters. The fraction of sp³-hybridized carbons (Fsp3) is 0.381. The minimum absolute atomic E-state index is 0.0342. The van der Waals surface area contributed by atoms with Gasteiger partial charge < -0.3 is 20.4 Å². The Morgan fingerprint density at radius 2 is 2.00 bits per heavy atom. The number of pyridine rings is 1. The molecule has 1 saturated heterocycles. The third-order valence-electron chi connectivity index (χ3n) is 5.10. The molecule has 1 aliphatic rings. The van der Waals surface area contributed by atoms with Crippen LogP contribution in [-0.2, 0) is 16.6 Å². The molecule has 4 heterocycles. The molecule has 0 atom stereocenters. The first-order chi connectivity index (χ1) is 15.4. The summed E-state index contributed by atoms with van der Waals surface area (Å²) in [7, 11) is 1.84. The quantitative estimate of drug-likeness (QED) is 0.372. The number of likely N-dealkylation sites (tertiary alicyclic amines) is 1. The van der Waals surface area contributed by atoms with Crippen molar-refractivity contribution in [3.8, 4) is 11.3 Å². The molecule has 0 aromatic carbocycles. The van der Waals surface area contributed by atoms with E-state index < -0.39 is 5.97 Å². The van der Waals surface area contributed by atoms with Crippen LogP contribution >= 0.6 is 0 Å². The Morgan fingerprint density at radius 3 is 2.62 bits per heavy atom. The van der Waals surface area contributed by atoms with Gasteiger partial charge in [-0.15, -0.1) is 0 Å². The zero-order valence-electron chi connectivity index (χ0n) is 17.8. The first-order valence-electron chi connectivity index (χ1n) is 10.3. The van der Waals surface area contributed by atoms with E-state index in [-0.39, 0.29) is 18.8 Å². The third kappa shape index (κ3) is 5.23. The molecule has 0 bridgehead atoms. The third-order valence-corrected chi connectivity index (χ3v) is 5.10. The van der Waals surface area contributed by atoms with Gasteiger partial charge in [-0.25, -0.2) is 4.98 Å². The maximum absolute atomic E-state index is 12.7. The Bertz CT molecular complexity index is 1100. The number of rotatable bonds is 7. The molecule has 0 radical (unpaired) electrons. The first kappa shape index (κ1) is 22.8. The molecule has 1 amide bonds. The van der Waals surface area contributed by atoms with Gasteiger partial charge in [0.15, 0.2) is 0 Å². The van der Waals surface area contributed by atoms with Crippen LogP contribution < -0.4 is 5.32 Å². The topological polar surface area (TPSA) is 142 Å². The van der Waals surface area contributed by atoms with Crippen molar-refractivity contribution in [2.75, 3.05) is 25.0 Å². The zero-order chi connectivity index (χ0) is 23.1. The fourth-order valence-corrected chi connectivity index (χ4v) is 3.64. The second kappa shape index (κ2) is 10.4. The van der Waals surface area contributed by atoms with Gasteiger partial charge in [0.05, 0.1) is 6.20 Å². The summed E-state index contributed by atoms with van der Waals surface area (Å²) in [6, 6.07) is 3.62. The van der Waals surface area contributed by atoms with Gasteiger partial charge in [0.2, 0.25) is 0 Å². The minimum Gasteiger partial charge on any atom is -0.483 e. The molecule has 1 aliphatic heterocycles. The van der Waals surface area contributed by atoms with E-state index in [1.165, 1.54) is 0 Å². The van der Waals surface area contributed by atoms with E-state index >= 15 is 0 Å². The first-order valence-corrected chi connectivity index (χ1v) is 10.3. The summed E-state index contributed by atoms with van der Waals surface area (Å²) in [5.74, 6) is -0.0204. The molecule has 0 aliphatic carbocycles. The Hall–Kier alpha value is -3.89. The lowest BCUT2D eigenvalue weighted by molar-refractivity contribution is -0.137. The number of carboxylic acid groups (broad SMARTS) is 2. The molecule has 0 spiro atoms. The highest BCUT2D eigenvalue weighted by molar-refractivity contribution is 5.95. The number of nitrogens with one attached hydrogen (secondary N) is 1. The van der Waals surface area contributed by atoms with Crippen molar-refractivity contribution in [2.24, 2.45) is 7.05 Å². The molecule has 4 rings (SSSR count). The molecule has 3 aromatic heterocycles. The Balaban J connectivity index is 0.000000913. The van der Waals surface area contributed by atoms with Gasteiger partial charge in [0, 0.05) is 56.6 Å². The molecular formula is C21H26N6O5. The summed E-state index contributed by atoms with van der Waals surface area (Å²) in [5, 5.41) is 23.3. The van der Waals surface area contributed by atoms with Gasteiger partial charge in [0.1, 0.15) is 17.2 Å². The second-order valence-corrected chi connectivity index (χ2v) is 7.38. The molecule has 11 nitrogen and oxygen atoms in total. The Morgan fingerprint density at radius 1 is 1.28 bits per heavy atom. The van der Waals surface area contributed by atoms with Crippen LogP contribution in [0.3, 0.4) is 0 Å². The number of hydrogen-bond acceptors (Lipinski definition) is 6. The van der Waals surface area contributed by atoms with E-state index in [1.807, 2.05) is 40.9 Å². The summed E-state index contributed by atoms with van der Waals surface area (Å²) in [6.07, 6.45) is 8.15. The Labute approximate surface area is 184 Å². The average molecular weight is 442 g/mol. The van der Waals surface area contributed by atoms with Gasteiger partial charge in [-0.1, -0.05) is 0 Å². The van der Waals surface area contributed by atoms with Crippen molar-refractivity contribution in [3.63, 3.8) is 0 Å². The van der Waals surface area contributed by atoms with Gasteiger partial charge in [-0.05, 0) is 31.4 Å². The van der Waals surface area contributed by atoms with Gasteiger partial charge >= 0.3 is 5.97 Å².